The lowest BCUT2D eigenvalue weighted by Crippen LogP contribution is -2.54. The fraction of sp³-hybridized carbons (Fsp3) is 0.600. The van der Waals surface area contributed by atoms with Crippen molar-refractivity contribution in [1.29, 1.82) is 0 Å². The molecule has 0 radical (unpaired) electrons. The van der Waals surface area contributed by atoms with Crippen LogP contribution in [0.3, 0.4) is 0 Å². The van der Waals surface area contributed by atoms with Crippen molar-refractivity contribution >= 4 is 6.03 Å². The summed E-state index contributed by atoms with van der Waals surface area (Å²) in [6, 6.07) is 8.91. The molecule has 2 amide bonds. The Kier molecular flexibility index (Phi) is 5.30. The average molecular weight is 452 g/mol. The lowest BCUT2D eigenvalue weighted by atomic mass is 9.81. The van der Waals surface area contributed by atoms with E-state index in [0.29, 0.717) is 45.4 Å². The van der Waals surface area contributed by atoms with Crippen molar-refractivity contribution in [1.82, 2.24) is 24.5 Å². The molecule has 5 heterocycles. The Bertz CT molecular complexity index is 1010. The molecular weight excluding hydrogens is 418 g/mol. The highest BCUT2D eigenvalue weighted by Crippen LogP contribution is 2.50. The zero-order chi connectivity index (χ0) is 22.4. The molecule has 33 heavy (non-hydrogen) atoms. The van der Waals surface area contributed by atoms with Crippen LogP contribution in [0.1, 0.15) is 37.3 Å². The van der Waals surface area contributed by atoms with Crippen LogP contribution < -0.4 is 4.74 Å². The summed E-state index contributed by atoms with van der Waals surface area (Å²) < 4.78 is 14.4. The summed E-state index contributed by atoms with van der Waals surface area (Å²) in [6.45, 7) is 6.19. The van der Waals surface area contributed by atoms with E-state index in [0.717, 1.165) is 50.1 Å². The molecule has 0 aliphatic carbocycles. The van der Waals surface area contributed by atoms with Crippen LogP contribution in [-0.2, 0) is 10.3 Å². The number of para-hydroxylation sites is 1. The Morgan fingerprint density at radius 1 is 1.00 bits per heavy atom. The largest absolute Gasteiger partial charge is 0.482 e. The molecule has 3 fully saturated rings. The number of carbonyl (C=O) groups is 1. The zero-order valence-electron chi connectivity index (χ0n) is 19.4. The molecule has 0 unspecified atom stereocenters. The first-order chi connectivity index (χ1) is 16.1. The van der Waals surface area contributed by atoms with Gasteiger partial charge in [-0.3, -0.25) is 4.68 Å². The molecule has 4 aliphatic heterocycles. The van der Waals surface area contributed by atoms with Gasteiger partial charge in [0.25, 0.3) is 0 Å². The molecule has 0 bridgehead atoms. The van der Waals surface area contributed by atoms with Gasteiger partial charge in [0.1, 0.15) is 11.4 Å². The summed E-state index contributed by atoms with van der Waals surface area (Å²) >= 11 is 0. The summed E-state index contributed by atoms with van der Waals surface area (Å²) in [6.07, 6.45) is 5.83. The number of piperidine rings is 2. The summed E-state index contributed by atoms with van der Waals surface area (Å²) in [5.41, 5.74) is 3.13. The molecule has 0 saturated carbocycles. The number of benzene rings is 1. The second-order valence-electron chi connectivity index (χ2n) is 9.85. The van der Waals surface area contributed by atoms with Gasteiger partial charge >= 0.3 is 6.03 Å². The van der Waals surface area contributed by atoms with Crippen molar-refractivity contribution in [2.45, 2.75) is 37.3 Å². The third-order valence-corrected chi connectivity index (χ3v) is 7.89. The van der Waals surface area contributed by atoms with Gasteiger partial charge in [0.05, 0.1) is 31.1 Å². The lowest BCUT2D eigenvalue weighted by molar-refractivity contribution is -0.00576. The SMILES string of the molecule is CN1CCC(n2ncc3c2-c2ccccc2OC32CCN(C(=O)N3CCOCC3)CC2)CC1. The first kappa shape index (κ1) is 21.0. The summed E-state index contributed by atoms with van der Waals surface area (Å²) in [5, 5.41) is 4.94. The van der Waals surface area contributed by atoms with Crippen LogP contribution in [0.2, 0.25) is 0 Å². The number of likely N-dealkylation sites (tertiary alicyclic amines) is 2. The fourth-order valence-corrected chi connectivity index (χ4v) is 5.88. The predicted octanol–water partition coefficient (Wildman–Crippen LogP) is 2.95. The number of nitrogens with zero attached hydrogens (tertiary/aromatic N) is 5. The van der Waals surface area contributed by atoms with E-state index >= 15 is 0 Å². The first-order valence-electron chi connectivity index (χ1n) is 12.3. The number of amides is 2. The van der Waals surface area contributed by atoms with Crippen molar-refractivity contribution in [2.24, 2.45) is 0 Å². The fourth-order valence-electron chi connectivity index (χ4n) is 5.88. The topological polar surface area (TPSA) is 63.1 Å². The molecule has 4 aliphatic rings. The predicted molar refractivity (Wildman–Crippen MR) is 124 cm³/mol. The molecule has 3 saturated heterocycles. The van der Waals surface area contributed by atoms with Crippen LogP contribution in [-0.4, -0.2) is 90.0 Å². The second kappa shape index (κ2) is 8.33. The van der Waals surface area contributed by atoms with Crippen molar-refractivity contribution in [2.75, 3.05) is 59.5 Å². The maximum atomic E-state index is 13.0. The molecule has 0 atom stereocenters. The average Bonchev–Trinajstić information content (AvgIpc) is 3.32. The van der Waals surface area contributed by atoms with Crippen LogP contribution >= 0.6 is 0 Å². The molecule has 1 aromatic carbocycles. The molecule has 0 N–H and O–H groups in total. The van der Waals surface area contributed by atoms with Gasteiger partial charge in [0, 0.05) is 50.1 Å². The van der Waals surface area contributed by atoms with Crippen LogP contribution in [0, 0.1) is 0 Å². The number of fused-ring (bicyclic) bond motifs is 4. The number of carbonyl (C=O) groups excluding carboxylic acids is 1. The van der Waals surface area contributed by atoms with Crippen LogP contribution in [0.5, 0.6) is 5.75 Å². The second-order valence-corrected chi connectivity index (χ2v) is 9.85. The van der Waals surface area contributed by atoms with E-state index in [2.05, 4.69) is 34.8 Å². The molecule has 8 heteroatoms. The number of ether oxygens (including phenoxy) is 2. The maximum Gasteiger partial charge on any atom is 0.320 e. The quantitative estimate of drug-likeness (QED) is 0.667. The van der Waals surface area contributed by atoms with Crippen LogP contribution in [0.25, 0.3) is 11.3 Å². The Morgan fingerprint density at radius 2 is 1.70 bits per heavy atom. The van der Waals surface area contributed by atoms with E-state index in [-0.39, 0.29) is 6.03 Å². The van der Waals surface area contributed by atoms with Gasteiger partial charge < -0.3 is 24.2 Å². The van der Waals surface area contributed by atoms with E-state index in [4.69, 9.17) is 14.6 Å². The lowest BCUT2D eigenvalue weighted by Gasteiger charge is -2.45. The molecule has 1 spiro atoms. The van der Waals surface area contributed by atoms with Crippen LogP contribution in [0.15, 0.2) is 30.5 Å². The molecule has 8 nitrogen and oxygen atoms in total. The number of aromatic nitrogens is 2. The van der Waals surface area contributed by atoms with Gasteiger partial charge in [-0.25, -0.2) is 4.79 Å². The van der Waals surface area contributed by atoms with E-state index in [1.807, 2.05) is 22.1 Å². The van der Waals surface area contributed by atoms with E-state index in [9.17, 15) is 4.79 Å². The smallest absolute Gasteiger partial charge is 0.320 e. The van der Waals surface area contributed by atoms with Crippen molar-refractivity contribution in [3.8, 4) is 17.0 Å². The van der Waals surface area contributed by atoms with Crippen LogP contribution in [0.4, 0.5) is 4.79 Å². The molecule has 2 aromatic rings. The number of hydrogen-bond donors (Lipinski definition) is 0. The third-order valence-electron chi connectivity index (χ3n) is 7.89. The van der Waals surface area contributed by atoms with Gasteiger partial charge in [-0.2, -0.15) is 5.10 Å². The number of hydrogen-bond acceptors (Lipinski definition) is 5. The first-order valence-corrected chi connectivity index (χ1v) is 12.3. The Hall–Kier alpha value is -2.58. The standard InChI is InChI=1S/C25H33N5O3/c1-27-10-6-19(7-11-27)30-23-20-4-2-3-5-22(20)33-25(21(23)18-26-30)8-12-28(13-9-25)24(31)29-14-16-32-17-15-29/h2-5,18-19H,6-17H2,1H3. The molecule has 176 valence electrons. The molecule has 1 aromatic heterocycles. The van der Waals surface area contributed by atoms with Gasteiger partial charge in [-0.1, -0.05) is 12.1 Å². The van der Waals surface area contributed by atoms with Gasteiger partial charge in [0.15, 0.2) is 0 Å². The Balaban J connectivity index is 1.29. The normalized spacial score (nSPS) is 23.2. The minimum atomic E-state index is -0.421. The Labute approximate surface area is 195 Å². The van der Waals surface area contributed by atoms with Crippen molar-refractivity contribution in [3.05, 3.63) is 36.0 Å². The Morgan fingerprint density at radius 3 is 2.45 bits per heavy atom. The molecular formula is C25H33N5O3. The van der Waals surface area contributed by atoms with Gasteiger partial charge in [-0.15, -0.1) is 0 Å². The summed E-state index contributed by atoms with van der Waals surface area (Å²) in [4.78, 5) is 19.3. The van der Waals surface area contributed by atoms with E-state index in [1.165, 1.54) is 11.3 Å². The maximum absolute atomic E-state index is 13.0. The summed E-state index contributed by atoms with van der Waals surface area (Å²) in [5.74, 6) is 0.938. The minimum absolute atomic E-state index is 0.131. The molecule has 6 rings (SSSR count). The summed E-state index contributed by atoms with van der Waals surface area (Å²) in [7, 11) is 2.19. The highest BCUT2D eigenvalue weighted by Gasteiger charge is 2.47. The highest BCUT2D eigenvalue weighted by molar-refractivity contribution is 5.76. The number of rotatable bonds is 1. The highest BCUT2D eigenvalue weighted by atomic mass is 16.5. The van der Waals surface area contributed by atoms with Gasteiger partial charge in [-0.05, 0) is 45.1 Å². The van der Waals surface area contributed by atoms with E-state index < -0.39 is 5.60 Å². The third kappa shape index (κ3) is 3.60. The zero-order valence-corrected chi connectivity index (χ0v) is 19.4. The monoisotopic (exact) mass is 451 g/mol. The number of morpholine rings is 1. The van der Waals surface area contributed by atoms with Crippen molar-refractivity contribution < 1.29 is 14.3 Å². The van der Waals surface area contributed by atoms with E-state index in [1.54, 1.807) is 0 Å². The van der Waals surface area contributed by atoms with Crippen molar-refractivity contribution in [3.63, 3.8) is 0 Å². The van der Waals surface area contributed by atoms with Gasteiger partial charge in [0.2, 0.25) is 0 Å². The minimum Gasteiger partial charge on any atom is -0.482 e. The number of urea groups is 1.